The molecule has 1 aliphatic rings. The van der Waals surface area contributed by atoms with Crippen molar-refractivity contribution in [1.29, 1.82) is 0 Å². The van der Waals surface area contributed by atoms with Gasteiger partial charge in [0.15, 0.2) is 0 Å². The van der Waals surface area contributed by atoms with E-state index in [1.54, 1.807) is 24.1 Å². The third kappa shape index (κ3) is 2.91. The van der Waals surface area contributed by atoms with Gasteiger partial charge in [-0.15, -0.1) is 0 Å². The van der Waals surface area contributed by atoms with Crippen molar-refractivity contribution in [3.8, 4) is 0 Å². The molecule has 1 aromatic rings. The van der Waals surface area contributed by atoms with Gasteiger partial charge in [0, 0.05) is 18.4 Å². The number of aryl methyl sites for hydroxylation is 1. The maximum atomic E-state index is 13.7. The quantitative estimate of drug-likeness (QED) is 0.783. The van der Waals surface area contributed by atoms with Crippen LogP contribution < -0.4 is 0 Å². The highest BCUT2D eigenvalue weighted by molar-refractivity contribution is 9.09. The monoisotopic (exact) mass is 313 g/mol. The van der Waals surface area contributed by atoms with Crippen molar-refractivity contribution in [1.82, 2.24) is 4.90 Å². The minimum atomic E-state index is -0.432. The van der Waals surface area contributed by atoms with Crippen LogP contribution in [0.3, 0.4) is 0 Å². The summed E-state index contributed by atoms with van der Waals surface area (Å²) in [5.41, 5.74) is 0.991. The second-order valence-corrected chi connectivity index (χ2v) is 6.40. The Kier molecular flexibility index (Phi) is 4.05. The zero-order valence-electron chi connectivity index (χ0n) is 10.6. The predicted octanol–water partition coefficient (Wildman–Crippen LogP) is 3.38. The van der Waals surface area contributed by atoms with Crippen LogP contribution in [0.4, 0.5) is 4.39 Å². The van der Waals surface area contributed by atoms with Crippen molar-refractivity contribution in [2.75, 3.05) is 13.6 Å². The molecule has 0 radical (unpaired) electrons. The van der Waals surface area contributed by atoms with Crippen LogP contribution in [-0.4, -0.2) is 29.2 Å². The molecule has 2 rings (SSSR count). The fourth-order valence-corrected chi connectivity index (χ4v) is 3.33. The fourth-order valence-electron chi connectivity index (χ4n) is 2.27. The summed E-state index contributed by atoms with van der Waals surface area (Å²) in [5, 5.41) is 0. The van der Waals surface area contributed by atoms with Crippen LogP contribution in [0.25, 0.3) is 0 Å². The number of benzene rings is 1. The number of halogens is 2. The zero-order chi connectivity index (χ0) is 13.3. The summed E-state index contributed by atoms with van der Waals surface area (Å²) >= 11 is 3.53. The molecule has 1 aromatic carbocycles. The molecule has 0 atom stereocenters. The van der Waals surface area contributed by atoms with Crippen LogP contribution in [0.1, 0.15) is 28.8 Å². The lowest BCUT2D eigenvalue weighted by Crippen LogP contribution is -2.38. The minimum Gasteiger partial charge on any atom is -0.341 e. The first-order valence-corrected chi connectivity index (χ1v) is 7.04. The Morgan fingerprint density at radius 1 is 1.50 bits per heavy atom. The first kappa shape index (κ1) is 13.5. The van der Waals surface area contributed by atoms with Crippen LogP contribution in [0.5, 0.6) is 0 Å². The summed E-state index contributed by atoms with van der Waals surface area (Å²) in [6.45, 7) is 2.51. The highest BCUT2D eigenvalue weighted by Gasteiger charge is 2.29. The largest absolute Gasteiger partial charge is 0.341 e. The molecule has 18 heavy (non-hydrogen) atoms. The van der Waals surface area contributed by atoms with Gasteiger partial charge in [-0.1, -0.05) is 22.0 Å². The van der Waals surface area contributed by atoms with Crippen molar-refractivity contribution in [3.05, 3.63) is 35.1 Å². The second-order valence-electron chi connectivity index (χ2n) is 5.10. The standard InChI is InChI=1S/C14H17BrFNO/c1-9-3-4-12(13(16)5-9)14(18)17(2)8-10-6-11(15)7-10/h3-5,10-11H,6-8H2,1-2H3. The molecule has 1 saturated carbocycles. The van der Waals surface area contributed by atoms with Gasteiger partial charge in [0.1, 0.15) is 5.82 Å². The Hall–Kier alpha value is -0.900. The molecule has 0 spiro atoms. The number of amides is 1. The average Bonchev–Trinajstić information content (AvgIpc) is 2.26. The van der Waals surface area contributed by atoms with Gasteiger partial charge in [-0.2, -0.15) is 0 Å². The predicted molar refractivity (Wildman–Crippen MR) is 73.5 cm³/mol. The molecule has 0 aromatic heterocycles. The lowest BCUT2D eigenvalue weighted by atomic mass is 9.85. The topological polar surface area (TPSA) is 20.3 Å². The van der Waals surface area contributed by atoms with Gasteiger partial charge in [0.05, 0.1) is 5.56 Å². The summed E-state index contributed by atoms with van der Waals surface area (Å²) in [7, 11) is 1.74. The normalized spacial score (nSPS) is 22.4. The van der Waals surface area contributed by atoms with Gasteiger partial charge in [-0.25, -0.2) is 4.39 Å². The molecule has 2 nitrogen and oxygen atoms in total. The van der Waals surface area contributed by atoms with Gasteiger partial charge in [-0.05, 0) is 43.4 Å². The molecular formula is C14H17BrFNO. The molecule has 98 valence electrons. The molecule has 0 heterocycles. The minimum absolute atomic E-state index is 0.165. The Morgan fingerprint density at radius 3 is 2.72 bits per heavy atom. The Bertz CT molecular complexity index is 457. The van der Waals surface area contributed by atoms with E-state index in [2.05, 4.69) is 15.9 Å². The first-order valence-electron chi connectivity index (χ1n) is 6.13. The van der Waals surface area contributed by atoms with E-state index in [1.165, 1.54) is 6.07 Å². The van der Waals surface area contributed by atoms with Crippen LogP contribution >= 0.6 is 15.9 Å². The summed E-state index contributed by atoms with van der Waals surface area (Å²) in [6.07, 6.45) is 2.18. The lowest BCUT2D eigenvalue weighted by molar-refractivity contribution is 0.0744. The molecule has 4 heteroatoms. The zero-order valence-corrected chi connectivity index (χ0v) is 12.2. The number of rotatable bonds is 3. The third-order valence-electron chi connectivity index (χ3n) is 3.41. The number of hydrogen-bond donors (Lipinski definition) is 0. The van der Waals surface area contributed by atoms with Gasteiger partial charge in [0.2, 0.25) is 0 Å². The first-order chi connectivity index (χ1) is 8.47. The molecular weight excluding hydrogens is 297 g/mol. The molecule has 0 bridgehead atoms. The van der Waals surface area contributed by atoms with Crippen molar-refractivity contribution in [2.24, 2.45) is 5.92 Å². The Morgan fingerprint density at radius 2 is 2.17 bits per heavy atom. The molecule has 1 amide bonds. The number of carbonyl (C=O) groups is 1. The van der Waals surface area contributed by atoms with Crippen molar-refractivity contribution in [3.63, 3.8) is 0 Å². The van der Waals surface area contributed by atoms with Crippen LogP contribution in [0.2, 0.25) is 0 Å². The van der Waals surface area contributed by atoms with E-state index in [0.717, 1.165) is 18.4 Å². The van der Waals surface area contributed by atoms with Gasteiger partial charge < -0.3 is 4.90 Å². The van der Waals surface area contributed by atoms with E-state index >= 15 is 0 Å². The fraction of sp³-hybridized carbons (Fsp3) is 0.500. The van der Waals surface area contributed by atoms with Gasteiger partial charge in [0.25, 0.3) is 5.91 Å². The molecule has 1 fully saturated rings. The van der Waals surface area contributed by atoms with E-state index in [0.29, 0.717) is 17.3 Å². The van der Waals surface area contributed by atoms with E-state index in [9.17, 15) is 9.18 Å². The molecule has 0 unspecified atom stereocenters. The SMILES string of the molecule is Cc1ccc(C(=O)N(C)CC2CC(Br)C2)c(F)c1. The number of hydrogen-bond acceptors (Lipinski definition) is 1. The van der Waals surface area contributed by atoms with Gasteiger partial charge in [-0.3, -0.25) is 4.79 Å². The van der Waals surface area contributed by atoms with Crippen LogP contribution in [0.15, 0.2) is 18.2 Å². The molecule has 1 aliphatic carbocycles. The lowest BCUT2D eigenvalue weighted by Gasteiger charge is -2.34. The number of alkyl halides is 1. The Balaban J connectivity index is 2.01. The van der Waals surface area contributed by atoms with Crippen molar-refractivity contribution in [2.45, 2.75) is 24.6 Å². The number of nitrogens with zero attached hydrogens (tertiary/aromatic N) is 1. The Labute approximate surface area is 115 Å². The third-order valence-corrected chi connectivity index (χ3v) is 4.16. The summed E-state index contributed by atoms with van der Waals surface area (Å²) in [4.78, 5) is 14.3. The van der Waals surface area contributed by atoms with E-state index in [4.69, 9.17) is 0 Å². The van der Waals surface area contributed by atoms with E-state index in [1.807, 2.05) is 6.92 Å². The summed E-state index contributed by atoms with van der Waals surface area (Å²) in [6, 6.07) is 4.73. The highest BCUT2D eigenvalue weighted by atomic mass is 79.9. The van der Waals surface area contributed by atoms with E-state index in [-0.39, 0.29) is 11.5 Å². The maximum absolute atomic E-state index is 13.7. The smallest absolute Gasteiger partial charge is 0.256 e. The highest BCUT2D eigenvalue weighted by Crippen LogP contribution is 2.33. The molecule has 0 N–H and O–H groups in total. The van der Waals surface area contributed by atoms with Crippen molar-refractivity contribution < 1.29 is 9.18 Å². The average molecular weight is 314 g/mol. The summed E-state index contributed by atoms with van der Waals surface area (Å²) < 4.78 is 13.7. The van der Waals surface area contributed by atoms with Crippen molar-refractivity contribution >= 4 is 21.8 Å². The maximum Gasteiger partial charge on any atom is 0.256 e. The summed E-state index contributed by atoms with van der Waals surface area (Å²) in [5.74, 6) is -0.124. The van der Waals surface area contributed by atoms with Crippen LogP contribution in [-0.2, 0) is 0 Å². The molecule has 0 saturated heterocycles. The number of carbonyl (C=O) groups excluding carboxylic acids is 1. The second kappa shape index (κ2) is 5.39. The molecule has 0 aliphatic heterocycles. The van der Waals surface area contributed by atoms with Crippen LogP contribution in [0, 0.1) is 18.7 Å². The van der Waals surface area contributed by atoms with Gasteiger partial charge >= 0.3 is 0 Å². The van der Waals surface area contributed by atoms with E-state index < -0.39 is 5.82 Å².